The van der Waals surface area contributed by atoms with Crippen LogP contribution in [0.25, 0.3) is 0 Å². The predicted molar refractivity (Wildman–Crippen MR) is 278 cm³/mol. The normalized spacial score (nSPS) is 47.1. The van der Waals surface area contributed by atoms with Crippen LogP contribution in [-0.4, -0.2) is 196 Å². The molecule has 0 spiro atoms. The molecule has 12 saturated heterocycles. The van der Waals surface area contributed by atoms with Crippen LogP contribution in [0.5, 0.6) is 0 Å². The molecule has 30 heteroatoms. The van der Waals surface area contributed by atoms with Gasteiger partial charge in [-0.1, -0.05) is 0 Å². The van der Waals surface area contributed by atoms with Crippen LogP contribution in [0.15, 0.2) is 0 Å². The molecule has 20 atom stereocenters. The molecule has 0 unspecified atom stereocenters. The van der Waals surface area contributed by atoms with E-state index in [1.807, 2.05) is 111 Å². The van der Waals surface area contributed by atoms with Gasteiger partial charge in [-0.25, -0.2) is 0 Å². The number of ether oxygens (including phenoxy) is 20. The summed E-state index contributed by atoms with van der Waals surface area (Å²) in [6.07, 6.45) is -13.3. The van der Waals surface area contributed by atoms with Crippen molar-refractivity contribution in [3.63, 3.8) is 0 Å². The molecule has 0 radical (unpaired) electrons. The van der Waals surface area contributed by atoms with Crippen LogP contribution in [0.4, 0.5) is 0 Å². The Morgan fingerprint density at radius 1 is 0.269 bits per heavy atom. The number of fused-ring (bicyclic) bond motifs is 12. The van der Waals surface area contributed by atoms with E-state index in [0.29, 0.717) is 0 Å². The van der Waals surface area contributed by atoms with Crippen LogP contribution in [0.1, 0.15) is 111 Å². The third-order valence-electron chi connectivity index (χ3n) is 14.8. The van der Waals surface area contributed by atoms with Crippen LogP contribution < -0.4 is 0 Å². The Bertz CT molecular complexity index is 2060. The fraction of sp³-hybridized carbons (Fsp3) is 1.00. The van der Waals surface area contributed by atoms with Gasteiger partial charge in [-0.15, -0.1) is 0 Å². The largest absolute Gasteiger partial charge is 0.342 e. The predicted octanol–water partition coefficient (Wildman–Crippen LogP) is 6.47. The summed E-state index contributed by atoms with van der Waals surface area (Å²) in [6.45, 7) is 28.8. The Morgan fingerprint density at radius 3 is 0.641 bits per heavy atom. The Balaban J connectivity index is 0.832. The molecule has 0 aromatic rings. The summed E-state index contributed by atoms with van der Waals surface area (Å²) in [5, 5.41) is 0. The summed E-state index contributed by atoms with van der Waals surface area (Å²) in [6, 6.07) is 0. The number of rotatable bonds is 15. The molecule has 78 heavy (non-hydrogen) atoms. The van der Waals surface area contributed by atoms with Gasteiger partial charge in [-0.05, 0) is 134 Å². The maximum atomic E-state index is 6.87. The summed E-state index contributed by atoms with van der Waals surface area (Å²) in [5.41, 5.74) is -7.28. The molecule has 12 aliphatic heterocycles. The quantitative estimate of drug-likeness (QED) is 0.127. The first-order chi connectivity index (χ1) is 36.0. The maximum absolute atomic E-state index is 6.87. The van der Waals surface area contributed by atoms with Gasteiger partial charge in [0.25, 0.3) is 11.4 Å². The van der Waals surface area contributed by atoms with Gasteiger partial charge in [-0.3, -0.25) is 0 Å². The van der Waals surface area contributed by atoms with Crippen LogP contribution >= 0.6 is 32.2 Å². The van der Waals surface area contributed by atoms with Crippen molar-refractivity contribution in [3.05, 3.63) is 0 Å². The van der Waals surface area contributed by atoms with Crippen molar-refractivity contribution in [2.24, 2.45) is 0 Å². The van der Waals surface area contributed by atoms with Crippen LogP contribution in [0, 0.1) is 0 Å². The SMILES string of the molecule is CC1(C)O[C@H]2[C@@H](O1)[C@@H](COP(=S)(OC[C@H]1O[C@@H]3OC(C)(C)O[C@@H]3[C@H]3OC(C)(C)O[C@H]31)SSP(=S)(OC[C@H]1O[C@@H]3OC(C)(C)O[C@@H]3[C@H]3OC(C)(C)O[C@H]31)OC[C@H]1O[C@@H]3OC(C)(C)O[C@@H]3[C@H]3OC(C)(C)O[C@H]31)O[C@@H]1OC(C)(C)O[C@@H]12. The second kappa shape index (κ2) is 20.3. The van der Waals surface area contributed by atoms with Gasteiger partial charge in [0, 0.05) is 20.8 Å². The zero-order valence-electron chi connectivity index (χ0n) is 46.7. The zero-order chi connectivity index (χ0) is 55.8. The Kier molecular flexibility index (Phi) is 15.5. The lowest BCUT2D eigenvalue weighted by molar-refractivity contribution is -0.240. The second-order valence-corrected chi connectivity index (χ2v) is 38.9. The van der Waals surface area contributed by atoms with E-state index in [1.54, 1.807) is 0 Å². The minimum absolute atomic E-state index is 0.122. The standard InChI is InChI=1S/C48H76O24P2S4/c1-41(2)57-25-21(53-37-33(29(25)61-41)65-45(9,10)69-37)17-49-73(75,50-18-22-26-30(62-42(3,4)58-26)34-38(54-22)70-46(11,12)66-34)77-78-74(76,51-19-23-27-31(63-43(5,6)59-27)35-39(55-23)71-47(13,14)67-35)52-20-24-28-32(64-44(7,8)60-28)36-40(56-24)72-48(15,16)68-36/h21-40H,17-20H2,1-16H3/t21-,22-,23-,24-,25+,26+,27+,28+,29+,30+,31+,32+,33-,34-,35-,36-,37-,38-,39-,40-/m1/s1. The average Bonchev–Trinajstić information content (AvgIpc) is 4.40. The monoisotopic (exact) mass is 1230 g/mol. The molecule has 0 amide bonds. The summed E-state index contributed by atoms with van der Waals surface area (Å²) >= 11 is 13.1. The van der Waals surface area contributed by atoms with E-state index in [-0.39, 0.29) is 26.4 Å². The first-order valence-electron chi connectivity index (χ1n) is 26.7. The highest BCUT2D eigenvalue weighted by atomic mass is 33.5. The lowest BCUT2D eigenvalue weighted by atomic mass is 9.99. The van der Waals surface area contributed by atoms with Crippen molar-refractivity contribution in [2.45, 2.75) is 280 Å². The molecule has 12 rings (SSSR count). The van der Waals surface area contributed by atoms with E-state index in [4.69, 9.17) is 136 Å². The van der Waals surface area contributed by atoms with Crippen LogP contribution in [-0.2, 0) is 136 Å². The van der Waals surface area contributed by atoms with Crippen molar-refractivity contribution in [1.29, 1.82) is 0 Å². The van der Waals surface area contributed by atoms with Gasteiger partial charge in [0.2, 0.25) is 0 Å². The van der Waals surface area contributed by atoms with E-state index >= 15 is 0 Å². The molecular formula is C48H76O24P2S4. The van der Waals surface area contributed by atoms with Gasteiger partial charge in [0.05, 0.1) is 26.4 Å². The Hall–Kier alpha value is 1.04. The molecule has 0 aromatic carbocycles. The van der Waals surface area contributed by atoms with Gasteiger partial charge in [0.1, 0.15) is 97.7 Å². The molecule has 24 nitrogen and oxygen atoms in total. The highest BCUT2D eigenvalue weighted by molar-refractivity contribution is 9.17. The minimum atomic E-state index is -3.64. The lowest BCUT2D eigenvalue weighted by Gasteiger charge is -2.39. The third kappa shape index (κ3) is 12.1. The van der Waals surface area contributed by atoms with Crippen LogP contribution in [0.3, 0.4) is 0 Å². The van der Waals surface area contributed by atoms with Crippen LogP contribution in [0.2, 0.25) is 0 Å². The summed E-state index contributed by atoms with van der Waals surface area (Å²) in [7, 11) is 2.16. The summed E-state index contributed by atoms with van der Waals surface area (Å²) in [4.78, 5) is 0. The van der Waals surface area contributed by atoms with Crippen molar-refractivity contribution in [1.82, 2.24) is 0 Å². The molecule has 0 aromatic heterocycles. The topological polar surface area (TPSA) is 222 Å². The number of hydrogen-bond donors (Lipinski definition) is 0. The number of hydrogen-bond acceptors (Lipinski definition) is 28. The van der Waals surface area contributed by atoms with Crippen molar-refractivity contribution < 1.29 is 113 Å². The van der Waals surface area contributed by atoms with E-state index in [0.717, 1.165) is 20.8 Å². The van der Waals surface area contributed by atoms with Gasteiger partial charge in [0.15, 0.2) is 71.5 Å². The van der Waals surface area contributed by atoms with Gasteiger partial charge >= 0.3 is 0 Å². The maximum Gasteiger partial charge on any atom is 0.258 e. The molecule has 0 N–H and O–H groups in total. The van der Waals surface area contributed by atoms with Crippen molar-refractivity contribution in [3.8, 4) is 0 Å². The van der Waals surface area contributed by atoms with E-state index in [1.165, 1.54) is 0 Å². The zero-order valence-corrected chi connectivity index (χ0v) is 51.8. The molecule has 0 aliphatic carbocycles. The second-order valence-electron chi connectivity index (χ2n) is 25.1. The third-order valence-corrected chi connectivity index (χ3v) is 29.9. The molecule has 12 heterocycles. The summed E-state index contributed by atoms with van der Waals surface area (Å²) < 4.78 is 156. The molecule has 12 fully saturated rings. The highest BCUT2D eigenvalue weighted by Gasteiger charge is 2.65. The average molecular weight is 1230 g/mol. The van der Waals surface area contributed by atoms with E-state index in [2.05, 4.69) is 0 Å². The van der Waals surface area contributed by atoms with Crippen molar-refractivity contribution >= 4 is 55.8 Å². The van der Waals surface area contributed by atoms with Gasteiger partial charge in [-0.2, -0.15) is 0 Å². The van der Waals surface area contributed by atoms with Crippen molar-refractivity contribution in [2.75, 3.05) is 26.4 Å². The first kappa shape index (κ1) is 59.4. The Morgan fingerprint density at radius 2 is 0.436 bits per heavy atom. The van der Waals surface area contributed by atoms with Gasteiger partial charge < -0.3 is 113 Å². The molecule has 0 bridgehead atoms. The lowest BCUT2D eigenvalue weighted by Crippen LogP contribution is -2.56. The summed E-state index contributed by atoms with van der Waals surface area (Å²) in [5.74, 6) is -7.70. The molecule has 0 saturated carbocycles. The Labute approximate surface area is 472 Å². The molecule has 446 valence electrons. The fourth-order valence-corrected chi connectivity index (χ4v) is 28.3. The fourth-order valence-electron chi connectivity index (χ4n) is 12.2. The van der Waals surface area contributed by atoms with E-state index < -0.39 is 181 Å². The van der Waals surface area contributed by atoms with E-state index in [9.17, 15) is 0 Å². The molecule has 12 aliphatic rings. The first-order valence-corrected chi connectivity index (χ1v) is 35.3. The smallest absolute Gasteiger partial charge is 0.258 e. The highest BCUT2D eigenvalue weighted by Crippen LogP contribution is 2.78. The molecular weight excluding hydrogens is 1150 g/mol. The minimum Gasteiger partial charge on any atom is -0.342 e.